The molecule has 0 radical (unpaired) electrons. The number of halogens is 4. The third-order valence-electron chi connectivity index (χ3n) is 5.57. The van der Waals surface area contributed by atoms with E-state index in [4.69, 9.17) is 23.5 Å². The lowest BCUT2D eigenvalue weighted by atomic mass is 9.84. The molecule has 3 aliphatic heterocycles. The Bertz CT molecular complexity index is 1070. The standard InChI is InChI=1S/C18H16F3IO9S/c19-13(18(20,21)32(25,26)27)3-4-28-15(23)10-6-14-17(7-12(10)29-14)30-11-5-8(22)1-2-9(11)16(24)31-17/h1-2,5,10,12-14H,3-4,6-7H2,(H,25,26,27). The molecule has 1 aromatic rings. The normalized spacial score (nSPS) is 29.9. The molecule has 3 aliphatic rings. The second-order valence-corrected chi connectivity index (χ2v) is 10.4. The van der Waals surface area contributed by atoms with E-state index in [1.54, 1.807) is 18.2 Å². The first-order chi connectivity index (χ1) is 14.8. The molecule has 5 unspecified atom stereocenters. The van der Waals surface area contributed by atoms with Gasteiger partial charge in [-0.1, -0.05) is 0 Å². The molecule has 9 nitrogen and oxygen atoms in total. The Kier molecular flexibility index (Phi) is 5.87. The van der Waals surface area contributed by atoms with E-state index in [2.05, 4.69) is 22.6 Å². The fraction of sp³-hybridized carbons (Fsp3) is 0.556. The van der Waals surface area contributed by atoms with Gasteiger partial charge in [-0.25, -0.2) is 9.18 Å². The number of hydrogen-bond acceptors (Lipinski definition) is 8. The number of carbonyl (C=O) groups is 2. The first kappa shape index (κ1) is 23.5. The van der Waals surface area contributed by atoms with Crippen molar-refractivity contribution in [3.05, 3.63) is 27.3 Å². The summed E-state index contributed by atoms with van der Waals surface area (Å²) < 4.78 is 92.2. The van der Waals surface area contributed by atoms with E-state index in [9.17, 15) is 31.2 Å². The first-order valence-electron chi connectivity index (χ1n) is 9.37. The van der Waals surface area contributed by atoms with Crippen LogP contribution in [0.2, 0.25) is 0 Å². The van der Waals surface area contributed by atoms with E-state index in [-0.39, 0.29) is 18.4 Å². The number of benzene rings is 1. The zero-order valence-electron chi connectivity index (χ0n) is 16.0. The van der Waals surface area contributed by atoms with Crippen LogP contribution in [0.25, 0.3) is 0 Å². The molecule has 2 bridgehead atoms. The highest BCUT2D eigenvalue weighted by Crippen LogP contribution is 2.50. The number of esters is 2. The van der Waals surface area contributed by atoms with Gasteiger partial charge in [0.2, 0.25) is 0 Å². The maximum absolute atomic E-state index is 13.5. The number of fused-ring (bicyclic) bond motifs is 4. The van der Waals surface area contributed by atoms with Crippen LogP contribution in [-0.2, 0) is 29.1 Å². The van der Waals surface area contributed by atoms with Gasteiger partial charge in [-0.15, -0.1) is 0 Å². The van der Waals surface area contributed by atoms with Crippen LogP contribution in [0.4, 0.5) is 13.2 Å². The molecule has 0 aliphatic carbocycles. The number of carbonyl (C=O) groups excluding carboxylic acids is 2. The average molecular weight is 592 g/mol. The number of ether oxygens (including phenoxy) is 4. The molecule has 4 rings (SSSR count). The van der Waals surface area contributed by atoms with Gasteiger partial charge in [0.05, 0.1) is 25.0 Å². The van der Waals surface area contributed by atoms with Crippen molar-refractivity contribution in [2.75, 3.05) is 6.61 Å². The zero-order chi connectivity index (χ0) is 23.5. The Balaban J connectivity index is 1.35. The SMILES string of the molecule is O=C1OC2(CC3OC2CC3C(=O)OCCC(F)C(F)(F)S(=O)(=O)O)Oc2cc(I)ccc21. The molecule has 1 aromatic carbocycles. The molecule has 2 fully saturated rings. The summed E-state index contributed by atoms with van der Waals surface area (Å²) >= 11 is 2.06. The van der Waals surface area contributed by atoms with E-state index in [0.717, 1.165) is 3.57 Å². The molecule has 32 heavy (non-hydrogen) atoms. The van der Waals surface area contributed by atoms with Crippen molar-refractivity contribution < 1.29 is 54.7 Å². The summed E-state index contributed by atoms with van der Waals surface area (Å²) in [7, 11) is -5.94. The molecule has 5 atom stereocenters. The van der Waals surface area contributed by atoms with Gasteiger partial charge in [0.1, 0.15) is 17.4 Å². The van der Waals surface area contributed by atoms with Gasteiger partial charge >= 0.3 is 27.3 Å². The Hall–Kier alpha value is -1.65. The van der Waals surface area contributed by atoms with E-state index in [1.165, 1.54) is 0 Å². The summed E-state index contributed by atoms with van der Waals surface area (Å²) in [5.41, 5.74) is 0.261. The van der Waals surface area contributed by atoms with Crippen molar-refractivity contribution in [3.8, 4) is 5.75 Å². The summed E-state index contributed by atoms with van der Waals surface area (Å²) in [4.78, 5) is 24.7. The molecular weight excluding hydrogens is 576 g/mol. The lowest BCUT2D eigenvalue weighted by molar-refractivity contribution is -0.186. The lowest BCUT2D eigenvalue weighted by Crippen LogP contribution is -2.53. The van der Waals surface area contributed by atoms with Gasteiger partial charge < -0.3 is 18.9 Å². The van der Waals surface area contributed by atoms with Gasteiger partial charge in [-0.2, -0.15) is 17.2 Å². The highest BCUT2D eigenvalue weighted by Gasteiger charge is 2.64. The predicted molar refractivity (Wildman–Crippen MR) is 106 cm³/mol. The van der Waals surface area contributed by atoms with Gasteiger partial charge in [0.15, 0.2) is 6.17 Å². The fourth-order valence-electron chi connectivity index (χ4n) is 3.96. The van der Waals surface area contributed by atoms with Crippen molar-refractivity contribution in [2.45, 2.75) is 48.7 Å². The predicted octanol–water partition coefficient (Wildman–Crippen LogP) is 2.47. The maximum atomic E-state index is 13.5. The zero-order valence-corrected chi connectivity index (χ0v) is 19.0. The minimum Gasteiger partial charge on any atom is -0.465 e. The van der Waals surface area contributed by atoms with E-state index < -0.39 is 70.4 Å². The summed E-state index contributed by atoms with van der Waals surface area (Å²) in [5, 5.41) is -5.02. The van der Waals surface area contributed by atoms with Gasteiger partial charge in [0.25, 0.3) is 5.79 Å². The molecule has 0 saturated carbocycles. The second-order valence-electron chi connectivity index (χ2n) is 7.61. The highest BCUT2D eigenvalue weighted by molar-refractivity contribution is 14.1. The maximum Gasteiger partial charge on any atom is 0.400 e. The smallest absolute Gasteiger partial charge is 0.400 e. The molecule has 1 spiro atoms. The summed E-state index contributed by atoms with van der Waals surface area (Å²) in [6, 6.07) is 4.97. The number of alkyl halides is 3. The topological polar surface area (TPSA) is 125 Å². The highest BCUT2D eigenvalue weighted by atomic mass is 127. The molecular formula is C18H16F3IO9S. The Morgan fingerprint density at radius 1 is 1.38 bits per heavy atom. The lowest BCUT2D eigenvalue weighted by Gasteiger charge is -2.39. The fourth-order valence-corrected chi connectivity index (χ4v) is 4.86. The van der Waals surface area contributed by atoms with Crippen LogP contribution < -0.4 is 4.74 Å². The van der Waals surface area contributed by atoms with Gasteiger partial charge in [-0.3, -0.25) is 9.35 Å². The average Bonchev–Trinajstić information content (AvgIpc) is 3.24. The molecule has 176 valence electrons. The molecule has 14 heteroatoms. The van der Waals surface area contributed by atoms with Crippen LogP contribution >= 0.6 is 22.6 Å². The van der Waals surface area contributed by atoms with Gasteiger partial charge in [0, 0.05) is 9.99 Å². The second kappa shape index (κ2) is 7.99. The molecule has 1 N–H and O–H groups in total. The summed E-state index contributed by atoms with van der Waals surface area (Å²) in [5.74, 6) is -3.35. The molecule has 0 aromatic heterocycles. The van der Waals surface area contributed by atoms with Gasteiger partial charge in [-0.05, 0) is 47.2 Å². The Morgan fingerprint density at radius 3 is 2.72 bits per heavy atom. The van der Waals surface area contributed by atoms with E-state index >= 15 is 0 Å². The Morgan fingerprint density at radius 2 is 2.09 bits per heavy atom. The third-order valence-corrected chi connectivity index (χ3v) is 7.19. The van der Waals surface area contributed by atoms with Crippen LogP contribution in [0.3, 0.4) is 0 Å². The minimum atomic E-state index is -5.94. The van der Waals surface area contributed by atoms with Crippen LogP contribution in [0.1, 0.15) is 29.6 Å². The van der Waals surface area contributed by atoms with Crippen LogP contribution in [-0.4, -0.2) is 60.9 Å². The van der Waals surface area contributed by atoms with Crippen LogP contribution in [0.15, 0.2) is 18.2 Å². The monoisotopic (exact) mass is 592 g/mol. The van der Waals surface area contributed by atoms with Crippen molar-refractivity contribution in [3.63, 3.8) is 0 Å². The number of rotatable bonds is 6. The molecule has 3 heterocycles. The van der Waals surface area contributed by atoms with Crippen molar-refractivity contribution >= 4 is 44.6 Å². The molecule has 0 amide bonds. The number of hydrogen-bond donors (Lipinski definition) is 1. The quantitative estimate of drug-likeness (QED) is 0.301. The van der Waals surface area contributed by atoms with Crippen LogP contribution in [0, 0.1) is 9.49 Å². The third kappa shape index (κ3) is 3.94. The van der Waals surface area contributed by atoms with Crippen molar-refractivity contribution in [2.24, 2.45) is 5.92 Å². The Labute approximate surface area is 193 Å². The van der Waals surface area contributed by atoms with Crippen molar-refractivity contribution in [1.29, 1.82) is 0 Å². The van der Waals surface area contributed by atoms with Crippen LogP contribution in [0.5, 0.6) is 5.75 Å². The summed E-state index contributed by atoms with van der Waals surface area (Å²) in [6.07, 6.45) is -5.84. The molecule has 2 saturated heterocycles. The largest absolute Gasteiger partial charge is 0.465 e. The van der Waals surface area contributed by atoms with E-state index in [1.807, 2.05) is 0 Å². The van der Waals surface area contributed by atoms with Crippen molar-refractivity contribution in [1.82, 2.24) is 0 Å². The van der Waals surface area contributed by atoms with E-state index in [0.29, 0.717) is 5.75 Å². The minimum absolute atomic E-state index is 0.0284. The first-order valence-corrected chi connectivity index (χ1v) is 11.9. The summed E-state index contributed by atoms with van der Waals surface area (Å²) in [6.45, 7) is -0.832.